The third-order valence-corrected chi connectivity index (χ3v) is 3.60. The second-order valence-electron chi connectivity index (χ2n) is 5.05. The van der Waals surface area contributed by atoms with Crippen molar-refractivity contribution >= 4 is 0 Å². The molecule has 0 saturated heterocycles. The predicted octanol–water partition coefficient (Wildman–Crippen LogP) is 2.33. The molecule has 1 atom stereocenters. The van der Waals surface area contributed by atoms with Crippen LogP contribution in [0.5, 0.6) is 11.5 Å². The molecular formula is C16H23N3O2. The van der Waals surface area contributed by atoms with Crippen molar-refractivity contribution in [1.82, 2.24) is 15.1 Å². The fourth-order valence-electron chi connectivity index (χ4n) is 2.42. The average molecular weight is 289 g/mol. The molecule has 0 saturated carbocycles. The molecule has 0 bridgehead atoms. The third-order valence-electron chi connectivity index (χ3n) is 3.60. The highest BCUT2D eigenvalue weighted by Gasteiger charge is 2.13. The van der Waals surface area contributed by atoms with Crippen LogP contribution in [0.1, 0.15) is 23.6 Å². The van der Waals surface area contributed by atoms with Gasteiger partial charge in [0.1, 0.15) is 11.5 Å². The highest BCUT2D eigenvalue weighted by Crippen LogP contribution is 2.28. The highest BCUT2D eigenvalue weighted by atomic mass is 16.5. The number of ether oxygens (including phenoxy) is 2. The molecule has 114 valence electrons. The number of aryl methyl sites for hydroxylation is 2. The lowest BCUT2D eigenvalue weighted by molar-refractivity contribution is 0.391. The maximum absolute atomic E-state index is 5.34. The van der Waals surface area contributed by atoms with Crippen LogP contribution in [0.15, 0.2) is 30.6 Å². The van der Waals surface area contributed by atoms with Gasteiger partial charge in [-0.2, -0.15) is 5.10 Å². The van der Waals surface area contributed by atoms with Crippen molar-refractivity contribution in [2.45, 2.75) is 18.9 Å². The van der Waals surface area contributed by atoms with Crippen LogP contribution in [-0.2, 0) is 13.5 Å². The first kappa shape index (κ1) is 15.4. The molecule has 21 heavy (non-hydrogen) atoms. The van der Waals surface area contributed by atoms with Crippen molar-refractivity contribution in [3.63, 3.8) is 0 Å². The minimum atomic E-state index is 0.245. The zero-order valence-corrected chi connectivity index (χ0v) is 13.1. The fraction of sp³-hybridized carbons (Fsp3) is 0.438. The normalized spacial score (nSPS) is 12.2. The van der Waals surface area contributed by atoms with E-state index in [-0.39, 0.29) is 6.04 Å². The molecule has 1 unspecified atom stereocenters. The molecule has 0 radical (unpaired) electrons. The monoisotopic (exact) mass is 289 g/mol. The predicted molar refractivity (Wildman–Crippen MR) is 82.9 cm³/mol. The Bertz CT molecular complexity index is 558. The van der Waals surface area contributed by atoms with Crippen LogP contribution in [0.2, 0.25) is 0 Å². The number of rotatable bonds is 7. The second kappa shape index (κ2) is 7.13. The lowest BCUT2D eigenvalue weighted by atomic mass is 10.00. The van der Waals surface area contributed by atoms with E-state index in [0.29, 0.717) is 0 Å². The van der Waals surface area contributed by atoms with Crippen molar-refractivity contribution in [2.24, 2.45) is 7.05 Å². The summed E-state index contributed by atoms with van der Waals surface area (Å²) < 4.78 is 12.5. The Morgan fingerprint density at radius 2 is 1.86 bits per heavy atom. The molecule has 1 heterocycles. The van der Waals surface area contributed by atoms with Crippen molar-refractivity contribution in [3.8, 4) is 11.5 Å². The molecule has 0 fully saturated rings. The van der Waals surface area contributed by atoms with Gasteiger partial charge in [-0.3, -0.25) is 4.68 Å². The smallest absolute Gasteiger partial charge is 0.122 e. The Kier molecular flexibility index (Phi) is 5.22. The number of methoxy groups -OCH3 is 2. The average Bonchev–Trinajstić information content (AvgIpc) is 2.93. The van der Waals surface area contributed by atoms with Crippen molar-refractivity contribution in [3.05, 3.63) is 41.7 Å². The molecule has 0 spiro atoms. The van der Waals surface area contributed by atoms with E-state index in [9.17, 15) is 0 Å². The molecular weight excluding hydrogens is 266 g/mol. The van der Waals surface area contributed by atoms with Gasteiger partial charge in [-0.15, -0.1) is 0 Å². The summed E-state index contributed by atoms with van der Waals surface area (Å²) in [6.45, 7) is 0. The summed E-state index contributed by atoms with van der Waals surface area (Å²) in [6, 6.07) is 6.23. The minimum absolute atomic E-state index is 0.245. The van der Waals surface area contributed by atoms with E-state index in [1.165, 1.54) is 5.56 Å². The second-order valence-corrected chi connectivity index (χ2v) is 5.05. The van der Waals surface area contributed by atoms with Gasteiger partial charge in [-0.05, 0) is 43.1 Å². The van der Waals surface area contributed by atoms with Gasteiger partial charge in [-0.1, -0.05) is 0 Å². The lowest BCUT2D eigenvalue weighted by Crippen LogP contribution is -2.17. The Morgan fingerprint density at radius 3 is 2.33 bits per heavy atom. The number of nitrogens with zero attached hydrogens (tertiary/aromatic N) is 2. The number of aromatic nitrogens is 2. The summed E-state index contributed by atoms with van der Waals surface area (Å²) >= 11 is 0. The summed E-state index contributed by atoms with van der Waals surface area (Å²) in [4.78, 5) is 0. The maximum Gasteiger partial charge on any atom is 0.122 e. The number of hydrogen-bond donors (Lipinski definition) is 1. The lowest BCUT2D eigenvalue weighted by Gasteiger charge is -2.18. The van der Waals surface area contributed by atoms with E-state index in [1.54, 1.807) is 14.2 Å². The van der Waals surface area contributed by atoms with Crippen molar-refractivity contribution < 1.29 is 9.47 Å². The van der Waals surface area contributed by atoms with E-state index in [1.807, 2.05) is 43.2 Å². The Morgan fingerprint density at radius 1 is 1.19 bits per heavy atom. The largest absolute Gasteiger partial charge is 0.497 e. The summed E-state index contributed by atoms with van der Waals surface area (Å²) in [6.07, 6.45) is 5.93. The molecule has 1 N–H and O–H groups in total. The summed E-state index contributed by atoms with van der Waals surface area (Å²) in [5.41, 5.74) is 2.41. The topological polar surface area (TPSA) is 48.3 Å². The van der Waals surface area contributed by atoms with Crippen LogP contribution in [0, 0.1) is 0 Å². The Balaban J connectivity index is 2.12. The standard InChI is InChI=1S/C16H23N3O2/c1-17-16(6-5-12-10-18-19(2)11-12)13-7-14(20-3)9-15(8-13)21-4/h7-11,16-17H,5-6H2,1-4H3. The van der Waals surface area contributed by atoms with Crippen LogP contribution in [0.25, 0.3) is 0 Å². The van der Waals surface area contributed by atoms with Gasteiger partial charge in [0.25, 0.3) is 0 Å². The molecule has 2 aromatic rings. The highest BCUT2D eigenvalue weighted by molar-refractivity contribution is 5.39. The Hall–Kier alpha value is -2.01. The van der Waals surface area contributed by atoms with Crippen molar-refractivity contribution in [1.29, 1.82) is 0 Å². The molecule has 5 nitrogen and oxygen atoms in total. The number of hydrogen-bond acceptors (Lipinski definition) is 4. The summed E-state index contributed by atoms with van der Waals surface area (Å²) in [5.74, 6) is 1.62. The van der Waals surface area contributed by atoms with Gasteiger partial charge >= 0.3 is 0 Å². The van der Waals surface area contributed by atoms with Gasteiger partial charge in [-0.25, -0.2) is 0 Å². The van der Waals surface area contributed by atoms with E-state index >= 15 is 0 Å². The van der Waals surface area contributed by atoms with Crippen LogP contribution in [0.3, 0.4) is 0 Å². The Labute approximate surface area is 125 Å². The molecule has 0 amide bonds. The fourth-order valence-corrected chi connectivity index (χ4v) is 2.42. The molecule has 1 aromatic heterocycles. The van der Waals surface area contributed by atoms with Gasteiger partial charge in [0, 0.05) is 25.4 Å². The molecule has 0 aliphatic rings. The number of benzene rings is 1. The first-order valence-corrected chi connectivity index (χ1v) is 7.04. The van der Waals surface area contributed by atoms with Gasteiger partial charge in [0.2, 0.25) is 0 Å². The molecule has 5 heteroatoms. The molecule has 0 aliphatic carbocycles. The van der Waals surface area contributed by atoms with Crippen molar-refractivity contribution in [2.75, 3.05) is 21.3 Å². The quantitative estimate of drug-likeness (QED) is 0.850. The van der Waals surface area contributed by atoms with Crippen LogP contribution in [0.4, 0.5) is 0 Å². The maximum atomic E-state index is 5.34. The summed E-state index contributed by atoms with van der Waals surface area (Å²) in [5, 5.41) is 7.56. The number of nitrogens with one attached hydrogen (secondary N) is 1. The first-order valence-electron chi connectivity index (χ1n) is 7.04. The van der Waals surface area contributed by atoms with Gasteiger partial charge < -0.3 is 14.8 Å². The molecule has 0 aliphatic heterocycles. The van der Waals surface area contributed by atoms with Crippen LogP contribution >= 0.6 is 0 Å². The SMILES string of the molecule is CNC(CCc1cnn(C)c1)c1cc(OC)cc(OC)c1. The molecule has 2 rings (SSSR count). The minimum Gasteiger partial charge on any atom is -0.497 e. The summed E-state index contributed by atoms with van der Waals surface area (Å²) in [7, 11) is 7.25. The molecule has 1 aromatic carbocycles. The zero-order valence-electron chi connectivity index (χ0n) is 13.1. The van der Waals surface area contributed by atoms with E-state index in [2.05, 4.69) is 16.6 Å². The zero-order chi connectivity index (χ0) is 15.2. The van der Waals surface area contributed by atoms with Crippen LogP contribution < -0.4 is 14.8 Å². The van der Waals surface area contributed by atoms with E-state index < -0.39 is 0 Å². The van der Waals surface area contributed by atoms with Crippen LogP contribution in [-0.4, -0.2) is 31.0 Å². The van der Waals surface area contributed by atoms with Gasteiger partial charge in [0.05, 0.1) is 20.4 Å². The first-order chi connectivity index (χ1) is 10.2. The van der Waals surface area contributed by atoms with Gasteiger partial charge in [0.15, 0.2) is 0 Å². The van der Waals surface area contributed by atoms with E-state index in [0.717, 1.165) is 29.9 Å². The third kappa shape index (κ3) is 3.98. The van der Waals surface area contributed by atoms with E-state index in [4.69, 9.17) is 9.47 Å².